The molecule has 8 heteroatoms. The third kappa shape index (κ3) is 3.17. The van der Waals surface area contributed by atoms with Gasteiger partial charge in [-0.05, 0) is 13.8 Å². The van der Waals surface area contributed by atoms with Crippen molar-refractivity contribution in [2.75, 3.05) is 0 Å². The van der Waals surface area contributed by atoms with Gasteiger partial charge < -0.3 is 14.6 Å². The van der Waals surface area contributed by atoms with Crippen molar-refractivity contribution in [2.24, 2.45) is 5.73 Å². The van der Waals surface area contributed by atoms with Crippen LogP contribution in [0, 0.1) is 13.8 Å². The molecule has 0 fully saturated rings. The van der Waals surface area contributed by atoms with Crippen molar-refractivity contribution in [2.45, 2.75) is 45.2 Å². The quantitative estimate of drug-likeness (QED) is 0.833. The molecule has 2 heterocycles. The molecule has 116 valence electrons. The number of hydrogen-bond acceptors (Lipinski definition) is 6. The van der Waals surface area contributed by atoms with Crippen LogP contribution in [0.5, 0.6) is 0 Å². The van der Waals surface area contributed by atoms with Crippen molar-refractivity contribution in [3.63, 3.8) is 0 Å². The number of furan rings is 1. The summed E-state index contributed by atoms with van der Waals surface area (Å²) in [5.41, 5.74) is 6.09. The molecule has 0 saturated heterocycles. The first-order valence-corrected chi connectivity index (χ1v) is 8.09. The summed E-state index contributed by atoms with van der Waals surface area (Å²) in [6.45, 7) is 5.30. The second-order valence-corrected chi connectivity index (χ2v) is 6.33. The van der Waals surface area contributed by atoms with E-state index in [2.05, 4.69) is 9.71 Å². The lowest BCUT2D eigenvalue weighted by atomic mass is 10.2. The fraction of sp³-hybridized carbons (Fsp3) is 0.462. The van der Waals surface area contributed by atoms with Crippen LogP contribution in [0.3, 0.4) is 0 Å². The van der Waals surface area contributed by atoms with Crippen molar-refractivity contribution in [3.05, 3.63) is 34.9 Å². The molecule has 0 bridgehead atoms. The third-order valence-electron chi connectivity index (χ3n) is 3.16. The molecule has 0 spiro atoms. The van der Waals surface area contributed by atoms with Crippen LogP contribution in [0.2, 0.25) is 0 Å². The maximum absolute atomic E-state index is 12.4. The maximum Gasteiger partial charge on any atom is 0.244 e. The Kier molecular flexibility index (Phi) is 4.50. The highest BCUT2D eigenvalue weighted by molar-refractivity contribution is 7.89. The second kappa shape index (κ2) is 6.00. The van der Waals surface area contributed by atoms with Gasteiger partial charge in [0, 0.05) is 18.5 Å². The predicted molar refractivity (Wildman–Crippen MR) is 76.0 cm³/mol. The fourth-order valence-corrected chi connectivity index (χ4v) is 3.55. The number of nitrogens with one attached hydrogen (secondary N) is 1. The van der Waals surface area contributed by atoms with Gasteiger partial charge in [0.1, 0.15) is 22.2 Å². The summed E-state index contributed by atoms with van der Waals surface area (Å²) < 4.78 is 38.0. The minimum Gasteiger partial charge on any atom is -0.465 e. The Labute approximate surface area is 123 Å². The topological polar surface area (TPSA) is 111 Å². The molecule has 2 rings (SSSR count). The standard InChI is InChI=1S/C13H19N3O4S/c1-4-10-6-15-12(20-10)7-16-21(17,18)13-9(3)19-8(2)11(13)5-14/h6,16H,4-5,7,14H2,1-3H3. The van der Waals surface area contributed by atoms with Crippen molar-refractivity contribution in [1.82, 2.24) is 9.71 Å². The number of sulfonamides is 1. The molecular formula is C13H19N3O4S. The number of nitrogens with zero attached hydrogens (tertiary/aromatic N) is 1. The summed E-state index contributed by atoms with van der Waals surface area (Å²) in [5, 5.41) is 0. The van der Waals surface area contributed by atoms with E-state index in [1.54, 1.807) is 20.0 Å². The number of oxazole rings is 1. The lowest BCUT2D eigenvalue weighted by Crippen LogP contribution is -2.25. The molecule has 0 aliphatic carbocycles. The Morgan fingerprint density at radius 2 is 2.00 bits per heavy atom. The largest absolute Gasteiger partial charge is 0.465 e. The number of rotatable bonds is 6. The number of aromatic nitrogens is 1. The number of hydrogen-bond donors (Lipinski definition) is 2. The highest BCUT2D eigenvalue weighted by atomic mass is 32.2. The van der Waals surface area contributed by atoms with Gasteiger partial charge >= 0.3 is 0 Å². The summed E-state index contributed by atoms with van der Waals surface area (Å²) in [7, 11) is -3.73. The zero-order valence-corrected chi connectivity index (χ0v) is 13.1. The number of aryl methyl sites for hydroxylation is 3. The normalized spacial score (nSPS) is 12.0. The van der Waals surface area contributed by atoms with Gasteiger partial charge in [0.25, 0.3) is 0 Å². The smallest absolute Gasteiger partial charge is 0.244 e. The summed E-state index contributed by atoms with van der Waals surface area (Å²) in [6.07, 6.45) is 2.29. The highest BCUT2D eigenvalue weighted by Gasteiger charge is 2.26. The molecule has 0 atom stereocenters. The summed E-state index contributed by atoms with van der Waals surface area (Å²) in [6, 6.07) is 0. The Hall–Kier alpha value is -1.64. The van der Waals surface area contributed by atoms with E-state index in [0.717, 1.165) is 0 Å². The molecule has 3 N–H and O–H groups in total. The van der Waals surface area contributed by atoms with Gasteiger partial charge in [0.15, 0.2) is 0 Å². The van der Waals surface area contributed by atoms with Crippen molar-refractivity contribution in [3.8, 4) is 0 Å². The van der Waals surface area contributed by atoms with Crippen LogP contribution in [0.4, 0.5) is 0 Å². The average Bonchev–Trinajstić information content (AvgIpc) is 3.00. The van der Waals surface area contributed by atoms with Crippen LogP contribution < -0.4 is 10.5 Å². The van der Waals surface area contributed by atoms with E-state index in [0.29, 0.717) is 35.2 Å². The van der Waals surface area contributed by atoms with E-state index in [9.17, 15) is 8.42 Å². The lowest BCUT2D eigenvalue weighted by molar-refractivity contribution is 0.451. The first-order chi connectivity index (χ1) is 9.89. The first kappa shape index (κ1) is 15.7. The molecule has 21 heavy (non-hydrogen) atoms. The molecule has 7 nitrogen and oxygen atoms in total. The van der Waals surface area contributed by atoms with Crippen LogP contribution in [0.25, 0.3) is 0 Å². The molecule has 0 aromatic carbocycles. The van der Waals surface area contributed by atoms with Crippen molar-refractivity contribution >= 4 is 10.0 Å². The molecular weight excluding hydrogens is 294 g/mol. The predicted octanol–water partition coefficient (Wildman–Crippen LogP) is 1.38. The minimum absolute atomic E-state index is 0.0178. The molecule has 2 aromatic rings. The molecule has 0 aliphatic rings. The zero-order chi connectivity index (χ0) is 15.6. The Morgan fingerprint density at radius 3 is 2.57 bits per heavy atom. The van der Waals surface area contributed by atoms with Crippen LogP contribution in [0.1, 0.15) is 35.7 Å². The van der Waals surface area contributed by atoms with Gasteiger partial charge in [0.2, 0.25) is 15.9 Å². The average molecular weight is 313 g/mol. The number of nitrogens with two attached hydrogens (primary N) is 1. The lowest BCUT2D eigenvalue weighted by Gasteiger charge is -2.06. The van der Waals surface area contributed by atoms with Gasteiger partial charge in [-0.25, -0.2) is 18.1 Å². The highest BCUT2D eigenvalue weighted by Crippen LogP contribution is 2.26. The Bertz CT molecular complexity index is 731. The molecule has 0 unspecified atom stereocenters. The Balaban J connectivity index is 2.22. The minimum atomic E-state index is -3.73. The summed E-state index contributed by atoms with van der Waals surface area (Å²) in [5.74, 6) is 1.87. The molecule has 0 amide bonds. The van der Waals surface area contributed by atoms with Crippen LogP contribution >= 0.6 is 0 Å². The summed E-state index contributed by atoms with van der Waals surface area (Å²) >= 11 is 0. The van der Waals surface area contributed by atoms with Crippen molar-refractivity contribution < 1.29 is 17.3 Å². The van der Waals surface area contributed by atoms with Gasteiger partial charge in [-0.3, -0.25) is 0 Å². The second-order valence-electron chi connectivity index (χ2n) is 4.62. The Morgan fingerprint density at radius 1 is 1.29 bits per heavy atom. The van der Waals surface area contributed by atoms with E-state index in [1.165, 1.54) is 0 Å². The molecule has 0 radical (unpaired) electrons. The monoisotopic (exact) mass is 313 g/mol. The van der Waals surface area contributed by atoms with Crippen LogP contribution in [0.15, 0.2) is 19.9 Å². The summed E-state index contributed by atoms with van der Waals surface area (Å²) in [4.78, 5) is 4.11. The zero-order valence-electron chi connectivity index (χ0n) is 12.3. The van der Waals surface area contributed by atoms with E-state index in [4.69, 9.17) is 14.6 Å². The first-order valence-electron chi connectivity index (χ1n) is 6.61. The van der Waals surface area contributed by atoms with E-state index in [1.807, 2.05) is 6.92 Å². The van der Waals surface area contributed by atoms with Gasteiger partial charge in [0.05, 0.1) is 12.7 Å². The van der Waals surface area contributed by atoms with Crippen LogP contribution in [-0.4, -0.2) is 13.4 Å². The van der Waals surface area contributed by atoms with Gasteiger partial charge in [-0.1, -0.05) is 6.92 Å². The third-order valence-corrected chi connectivity index (χ3v) is 4.76. The van der Waals surface area contributed by atoms with Gasteiger partial charge in [-0.2, -0.15) is 0 Å². The van der Waals surface area contributed by atoms with E-state index in [-0.39, 0.29) is 18.0 Å². The maximum atomic E-state index is 12.4. The van der Waals surface area contributed by atoms with Crippen LogP contribution in [-0.2, 0) is 29.5 Å². The molecule has 0 aliphatic heterocycles. The molecule has 2 aromatic heterocycles. The van der Waals surface area contributed by atoms with E-state index >= 15 is 0 Å². The van der Waals surface area contributed by atoms with Gasteiger partial charge in [-0.15, -0.1) is 0 Å². The van der Waals surface area contributed by atoms with Crippen molar-refractivity contribution in [1.29, 1.82) is 0 Å². The fourth-order valence-electron chi connectivity index (χ4n) is 2.12. The SMILES string of the molecule is CCc1cnc(CNS(=O)(=O)c2c(C)oc(C)c2CN)o1. The van der Waals surface area contributed by atoms with E-state index < -0.39 is 10.0 Å². The molecule has 0 saturated carbocycles.